The Morgan fingerprint density at radius 2 is 1.57 bits per heavy atom. The standard InChI is InChI=1S/C24H28N6OS.C8H8BNO2/c1-28-7-9-29(10-8-28)16-17-15-21-22(32-17)24(30-11-13-31-14-12-30)27-23(26-21)19-3-2-4-20-18(19)5-6-25-20;11-9(12)7-2-1-3-8-6(7)4-5-10-8/h2-6,15,25H,7-14,16H2,1H3;1-5,10-12H. The zero-order chi connectivity index (χ0) is 30.0. The highest BCUT2D eigenvalue weighted by Gasteiger charge is 2.22. The third kappa shape index (κ3) is 5.97. The van der Waals surface area contributed by atoms with Crippen LogP contribution in [0.1, 0.15) is 4.88 Å². The van der Waals surface area contributed by atoms with Crippen LogP contribution >= 0.6 is 11.3 Å². The number of morpholine rings is 1. The maximum atomic E-state index is 8.98. The van der Waals surface area contributed by atoms with Gasteiger partial charge in [-0.25, -0.2) is 9.97 Å². The van der Waals surface area contributed by atoms with E-state index in [1.54, 1.807) is 18.3 Å². The van der Waals surface area contributed by atoms with Crippen LogP contribution in [0, 0.1) is 0 Å². The zero-order valence-electron chi connectivity index (χ0n) is 24.7. The lowest BCUT2D eigenvalue weighted by atomic mass is 9.78. The first-order valence-corrected chi connectivity index (χ1v) is 15.9. The number of H-pyrrole nitrogens is 2. The SMILES string of the molecule is CN1CCN(Cc2cc3nc(-c4cccc5[nH]ccc45)nc(N4CCOCC4)c3s2)CC1.OB(O)c1cccc2[nH]ccc12. The first-order chi connectivity index (χ1) is 21.5. The van der Waals surface area contributed by atoms with Crippen molar-refractivity contribution in [1.29, 1.82) is 0 Å². The van der Waals surface area contributed by atoms with Crippen LogP contribution < -0.4 is 10.4 Å². The fourth-order valence-electron chi connectivity index (χ4n) is 5.99. The number of piperazine rings is 1. The molecule has 2 saturated heterocycles. The Bertz CT molecular complexity index is 1870. The third-order valence-corrected chi connectivity index (χ3v) is 9.54. The molecule has 4 aromatic heterocycles. The Hall–Kier alpha value is -3.78. The highest BCUT2D eigenvalue weighted by Crippen LogP contribution is 2.36. The second-order valence-electron chi connectivity index (χ2n) is 11.4. The Balaban J connectivity index is 0.000000218. The van der Waals surface area contributed by atoms with E-state index >= 15 is 0 Å². The normalized spacial score (nSPS) is 16.5. The average Bonchev–Trinajstić information content (AvgIpc) is 3.81. The van der Waals surface area contributed by atoms with Gasteiger partial charge in [-0.3, -0.25) is 4.90 Å². The van der Waals surface area contributed by atoms with Gasteiger partial charge in [-0.2, -0.15) is 0 Å². The summed E-state index contributed by atoms with van der Waals surface area (Å²) in [6, 6.07) is 17.9. The minimum atomic E-state index is -1.40. The van der Waals surface area contributed by atoms with E-state index in [1.807, 2.05) is 29.7 Å². The van der Waals surface area contributed by atoms with E-state index in [1.165, 1.54) is 9.58 Å². The Labute approximate surface area is 260 Å². The lowest BCUT2D eigenvalue weighted by molar-refractivity contribution is 0.122. The van der Waals surface area contributed by atoms with Gasteiger partial charge >= 0.3 is 7.12 Å². The summed E-state index contributed by atoms with van der Waals surface area (Å²) in [5.74, 6) is 1.85. The Morgan fingerprint density at radius 1 is 0.864 bits per heavy atom. The number of ether oxygens (including phenoxy) is 1. The summed E-state index contributed by atoms with van der Waals surface area (Å²) in [5, 5.41) is 20.0. The molecule has 6 aromatic rings. The van der Waals surface area contributed by atoms with Gasteiger partial charge in [0.25, 0.3) is 0 Å². The summed E-state index contributed by atoms with van der Waals surface area (Å²) in [4.78, 5) is 25.2. The number of likely N-dealkylation sites (N-methyl/N-ethyl adjacent to an activating group) is 1. The molecule has 44 heavy (non-hydrogen) atoms. The van der Waals surface area contributed by atoms with Crippen LogP contribution in [-0.2, 0) is 11.3 Å². The van der Waals surface area contributed by atoms with Crippen LogP contribution in [0.3, 0.4) is 0 Å². The number of nitrogens with one attached hydrogen (secondary N) is 2. The van der Waals surface area contributed by atoms with Gasteiger partial charge in [0, 0.05) is 85.1 Å². The number of anilines is 1. The molecule has 8 rings (SSSR count). The first-order valence-electron chi connectivity index (χ1n) is 15.1. The van der Waals surface area contributed by atoms with Gasteiger partial charge in [0.05, 0.1) is 23.4 Å². The van der Waals surface area contributed by atoms with Crippen molar-refractivity contribution in [2.75, 3.05) is 64.4 Å². The van der Waals surface area contributed by atoms with E-state index in [4.69, 9.17) is 24.8 Å². The maximum Gasteiger partial charge on any atom is 0.489 e. The van der Waals surface area contributed by atoms with Crippen molar-refractivity contribution in [2.45, 2.75) is 6.54 Å². The fourth-order valence-corrected chi connectivity index (χ4v) is 7.15. The Kier molecular flexibility index (Phi) is 8.35. The molecule has 0 radical (unpaired) electrons. The van der Waals surface area contributed by atoms with Crippen LogP contribution in [0.25, 0.3) is 43.4 Å². The van der Waals surface area contributed by atoms with Crippen molar-refractivity contribution in [3.05, 3.63) is 71.9 Å². The summed E-state index contributed by atoms with van der Waals surface area (Å²) >= 11 is 1.85. The van der Waals surface area contributed by atoms with Gasteiger partial charge in [0.1, 0.15) is 0 Å². The molecule has 4 N–H and O–H groups in total. The van der Waals surface area contributed by atoms with Crippen LogP contribution in [0.2, 0.25) is 0 Å². The van der Waals surface area contributed by atoms with Crippen molar-refractivity contribution < 1.29 is 14.8 Å². The molecule has 0 saturated carbocycles. The number of hydrogen-bond acceptors (Lipinski definition) is 9. The second-order valence-corrected chi connectivity index (χ2v) is 12.5. The van der Waals surface area contributed by atoms with E-state index in [2.05, 4.69) is 62.0 Å². The number of rotatable bonds is 5. The monoisotopic (exact) mass is 609 g/mol. The van der Waals surface area contributed by atoms with Gasteiger partial charge in [-0.1, -0.05) is 24.3 Å². The molecule has 10 nitrogen and oxygen atoms in total. The summed E-state index contributed by atoms with van der Waals surface area (Å²) in [7, 11) is 0.803. The summed E-state index contributed by atoms with van der Waals surface area (Å²) in [6.45, 7) is 8.71. The zero-order valence-corrected chi connectivity index (χ0v) is 25.6. The van der Waals surface area contributed by atoms with Crippen molar-refractivity contribution in [2.24, 2.45) is 0 Å². The molecular weight excluding hydrogens is 573 g/mol. The van der Waals surface area contributed by atoms with E-state index in [0.29, 0.717) is 5.46 Å². The number of aromatic nitrogens is 4. The molecule has 0 spiro atoms. The van der Waals surface area contributed by atoms with Gasteiger partial charge in [0.2, 0.25) is 0 Å². The number of nitrogens with zero attached hydrogens (tertiary/aromatic N) is 5. The van der Waals surface area contributed by atoms with Gasteiger partial charge in [-0.15, -0.1) is 11.3 Å². The van der Waals surface area contributed by atoms with Crippen molar-refractivity contribution in [1.82, 2.24) is 29.7 Å². The van der Waals surface area contributed by atoms with Crippen LogP contribution in [0.5, 0.6) is 0 Å². The first kappa shape index (κ1) is 29.0. The van der Waals surface area contributed by atoms with Gasteiger partial charge < -0.3 is 34.6 Å². The highest BCUT2D eigenvalue weighted by molar-refractivity contribution is 7.19. The molecule has 0 bridgehead atoms. The summed E-state index contributed by atoms with van der Waals surface area (Å²) < 4.78 is 6.81. The molecule has 0 aliphatic carbocycles. The largest absolute Gasteiger partial charge is 0.489 e. The van der Waals surface area contributed by atoms with E-state index in [9.17, 15) is 0 Å². The smallest absolute Gasteiger partial charge is 0.423 e. The van der Waals surface area contributed by atoms with Gasteiger partial charge in [-0.05, 0) is 48.2 Å². The fraction of sp³-hybridized carbons (Fsp3) is 0.312. The van der Waals surface area contributed by atoms with Crippen LogP contribution in [0.15, 0.2) is 67.0 Å². The summed E-state index contributed by atoms with van der Waals surface area (Å²) in [5.41, 5.74) is 4.69. The molecule has 0 atom stereocenters. The highest BCUT2D eigenvalue weighted by atomic mass is 32.1. The number of fused-ring (bicyclic) bond motifs is 3. The molecule has 0 unspecified atom stereocenters. The van der Waals surface area contributed by atoms with Crippen LogP contribution in [0.4, 0.5) is 5.82 Å². The molecule has 2 aliphatic rings. The molecule has 2 fully saturated rings. The number of aromatic amines is 2. The molecule has 12 heteroatoms. The third-order valence-electron chi connectivity index (χ3n) is 8.43. The predicted octanol–water partition coefficient (Wildman–Crippen LogP) is 3.27. The minimum absolute atomic E-state index is 0.536. The lowest BCUT2D eigenvalue weighted by Gasteiger charge is -2.31. The minimum Gasteiger partial charge on any atom is -0.423 e. The molecule has 226 valence electrons. The quantitative estimate of drug-likeness (QED) is 0.220. The Morgan fingerprint density at radius 3 is 2.32 bits per heavy atom. The molecule has 6 heterocycles. The molecule has 2 aliphatic heterocycles. The molecule has 2 aromatic carbocycles. The average molecular weight is 610 g/mol. The van der Waals surface area contributed by atoms with Crippen LogP contribution in [-0.4, -0.2) is 106 Å². The number of thiophene rings is 1. The van der Waals surface area contributed by atoms with E-state index < -0.39 is 7.12 Å². The van der Waals surface area contributed by atoms with Crippen molar-refractivity contribution >= 4 is 61.8 Å². The predicted molar refractivity (Wildman–Crippen MR) is 179 cm³/mol. The second kappa shape index (κ2) is 12.7. The topological polar surface area (TPSA) is 117 Å². The summed E-state index contributed by atoms with van der Waals surface area (Å²) in [6.07, 6.45) is 3.75. The lowest BCUT2D eigenvalue weighted by Crippen LogP contribution is -2.43. The van der Waals surface area contributed by atoms with E-state index in [0.717, 1.165) is 104 Å². The van der Waals surface area contributed by atoms with Crippen molar-refractivity contribution in [3.8, 4) is 11.4 Å². The molecular formula is C32H36BN7O3S. The number of hydrogen-bond donors (Lipinski definition) is 4. The maximum absolute atomic E-state index is 8.98. The molecule has 0 amide bonds. The van der Waals surface area contributed by atoms with E-state index in [-0.39, 0.29) is 0 Å². The van der Waals surface area contributed by atoms with Crippen molar-refractivity contribution in [3.63, 3.8) is 0 Å². The van der Waals surface area contributed by atoms with Gasteiger partial charge in [0.15, 0.2) is 11.6 Å². The number of benzene rings is 2.